The number of hydrogen-bond donors (Lipinski definition) is 2. The molecule has 1 fully saturated rings. The number of carboxylic acid groups (broad SMARTS) is 1. The molecule has 0 aromatic heterocycles. The molecule has 0 saturated carbocycles. The quantitative estimate of drug-likeness (QED) is 0.628. The third-order valence-corrected chi connectivity index (χ3v) is 4.47. The topological polar surface area (TPSA) is 113 Å². The van der Waals surface area contributed by atoms with Crippen LogP contribution in [0.3, 0.4) is 0 Å². The van der Waals surface area contributed by atoms with Crippen molar-refractivity contribution >= 4 is 22.1 Å². The molecule has 1 heterocycles. The molecule has 1 rings (SSSR count). The Balaban J connectivity index is 2.82. The fourth-order valence-corrected chi connectivity index (χ4v) is 3.42. The molecule has 1 aliphatic heterocycles. The molecule has 1 aliphatic rings. The normalized spacial score (nSPS) is 22.1. The number of hydrogen-bond acceptors (Lipinski definition) is 5. The Hall–Kier alpha value is -1.19. The number of nitrogens with zero attached hydrogens (tertiary/aromatic N) is 1. The van der Waals surface area contributed by atoms with Crippen molar-refractivity contribution in [1.82, 2.24) is 9.03 Å². The van der Waals surface area contributed by atoms with E-state index in [9.17, 15) is 18.0 Å². The summed E-state index contributed by atoms with van der Waals surface area (Å²) in [6.07, 6.45) is 0.910. The van der Waals surface area contributed by atoms with Crippen molar-refractivity contribution in [2.24, 2.45) is 0 Å². The average molecular weight is 294 g/mol. The lowest BCUT2D eigenvalue weighted by atomic mass is 10.2. The molecule has 0 radical (unpaired) electrons. The molecule has 2 unspecified atom stereocenters. The van der Waals surface area contributed by atoms with Gasteiger partial charge in [0.25, 0.3) is 10.2 Å². The molecule has 8 nitrogen and oxygen atoms in total. The van der Waals surface area contributed by atoms with Crippen molar-refractivity contribution in [1.29, 1.82) is 0 Å². The number of nitrogens with one attached hydrogen (secondary N) is 1. The lowest BCUT2D eigenvalue weighted by Crippen LogP contribution is -2.50. The van der Waals surface area contributed by atoms with Crippen LogP contribution in [0.5, 0.6) is 0 Å². The predicted molar refractivity (Wildman–Crippen MR) is 65.5 cm³/mol. The third-order valence-electron chi connectivity index (χ3n) is 2.77. The number of carbonyl (C=O) groups is 2. The fourth-order valence-electron chi connectivity index (χ4n) is 1.84. The van der Waals surface area contributed by atoms with E-state index in [0.717, 1.165) is 4.31 Å². The molecule has 0 aromatic carbocycles. The zero-order valence-electron chi connectivity index (χ0n) is 10.8. The van der Waals surface area contributed by atoms with Crippen molar-refractivity contribution in [2.45, 2.75) is 38.8 Å². The summed E-state index contributed by atoms with van der Waals surface area (Å²) < 4.78 is 31.8. The number of aliphatic carboxylic acids is 1. The van der Waals surface area contributed by atoms with Crippen molar-refractivity contribution in [3.8, 4) is 0 Å². The number of ether oxygens (including phenoxy) is 1. The first kappa shape index (κ1) is 15.9. The van der Waals surface area contributed by atoms with Crippen LogP contribution in [0.15, 0.2) is 0 Å². The Labute approximate surface area is 111 Å². The van der Waals surface area contributed by atoms with E-state index in [2.05, 4.69) is 0 Å². The van der Waals surface area contributed by atoms with E-state index in [1.807, 2.05) is 4.72 Å². The van der Waals surface area contributed by atoms with Gasteiger partial charge in [0.15, 0.2) is 0 Å². The molecule has 2 atom stereocenters. The van der Waals surface area contributed by atoms with Crippen molar-refractivity contribution in [3.63, 3.8) is 0 Å². The highest BCUT2D eigenvalue weighted by molar-refractivity contribution is 7.87. The smallest absolute Gasteiger partial charge is 0.324 e. The van der Waals surface area contributed by atoms with Crippen molar-refractivity contribution in [2.75, 3.05) is 13.2 Å². The Morgan fingerprint density at radius 2 is 2.16 bits per heavy atom. The number of carboxylic acids is 1. The van der Waals surface area contributed by atoms with E-state index >= 15 is 0 Å². The van der Waals surface area contributed by atoms with Crippen molar-refractivity contribution in [3.05, 3.63) is 0 Å². The van der Waals surface area contributed by atoms with Gasteiger partial charge in [-0.2, -0.15) is 17.4 Å². The number of rotatable bonds is 6. The van der Waals surface area contributed by atoms with E-state index < -0.39 is 34.2 Å². The Morgan fingerprint density at radius 1 is 1.53 bits per heavy atom. The van der Waals surface area contributed by atoms with Gasteiger partial charge < -0.3 is 9.84 Å². The summed E-state index contributed by atoms with van der Waals surface area (Å²) in [4.78, 5) is 22.3. The summed E-state index contributed by atoms with van der Waals surface area (Å²) >= 11 is 0. The minimum absolute atomic E-state index is 0.169. The fraction of sp³-hybridized carbons (Fsp3) is 0.800. The minimum Gasteiger partial charge on any atom is -0.480 e. The Kier molecular flexibility index (Phi) is 5.27. The molecule has 0 aliphatic carbocycles. The second-order valence-electron chi connectivity index (χ2n) is 4.20. The molecule has 1 saturated heterocycles. The molecule has 0 amide bonds. The van der Waals surface area contributed by atoms with Gasteiger partial charge in [-0.1, -0.05) is 0 Å². The minimum atomic E-state index is -4.02. The van der Waals surface area contributed by atoms with Gasteiger partial charge in [0.05, 0.1) is 6.61 Å². The van der Waals surface area contributed by atoms with Gasteiger partial charge in [0, 0.05) is 6.54 Å². The SMILES string of the molecule is CCOC(=O)C1CCCN1S(=O)(=O)NC(C)C(=O)O. The first-order chi connectivity index (χ1) is 8.79. The van der Waals surface area contributed by atoms with Crippen molar-refractivity contribution < 1.29 is 27.9 Å². The first-order valence-electron chi connectivity index (χ1n) is 5.98. The van der Waals surface area contributed by atoms with Gasteiger partial charge in [-0.3, -0.25) is 9.59 Å². The molecule has 0 bridgehead atoms. The highest BCUT2D eigenvalue weighted by Gasteiger charge is 2.40. The van der Waals surface area contributed by atoms with Crippen LogP contribution in [0.25, 0.3) is 0 Å². The van der Waals surface area contributed by atoms with Gasteiger partial charge in [-0.05, 0) is 26.7 Å². The summed E-state index contributed by atoms with van der Waals surface area (Å²) in [7, 11) is -4.02. The molecule has 0 spiro atoms. The summed E-state index contributed by atoms with van der Waals surface area (Å²) in [5.74, 6) is -1.89. The highest BCUT2D eigenvalue weighted by atomic mass is 32.2. The second kappa shape index (κ2) is 6.31. The van der Waals surface area contributed by atoms with Crippen LogP contribution in [0.4, 0.5) is 0 Å². The summed E-state index contributed by atoms with van der Waals surface area (Å²) in [5.41, 5.74) is 0. The van der Waals surface area contributed by atoms with E-state index in [1.165, 1.54) is 6.92 Å². The molecular weight excluding hydrogens is 276 g/mol. The van der Waals surface area contributed by atoms with Crippen LogP contribution in [0, 0.1) is 0 Å². The predicted octanol–water partition coefficient (Wildman–Crippen LogP) is -0.679. The second-order valence-corrected chi connectivity index (χ2v) is 5.86. The third kappa shape index (κ3) is 3.88. The summed E-state index contributed by atoms with van der Waals surface area (Å²) in [6, 6.07) is -2.13. The zero-order valence-corrected chi connectivity index (χ0v) is 11.6. The maximum Gasteiger partial charge on any atom is 0.324 e. The van der Waals surface area contributed by atoms with E-state index in [1.54, 1.807) is 6.92 Å². The molecule has 0 aromatic rings. The molecule has 110 valence electrons. The number of esters is 1. The summed E-state index contributed by atoms with van der Waals surface area (Å²) in [5, 5.41) is 8.71. The highest BCUT2D eigenvalue weighted by Crippen LogP contribution is 2.21. The molecular formula is C10H18N2O6S. The monoisotopic (exact) mass is 294 g/mol. The van der Waals surface area contributed by atoms with E-state index in [0.29, 0.717) is 12.8 Å². The van der Waals surface area contributed by atoms with Gasteiger partial charge >= 0.3 is 11.9 Å². The maximum atomic E-state index is 12.0. The van der Waals surface area contributed by atoms with Crippen LogP contribution in [0.1, 0.15) is 26.7 Å². The zero-order chi connectivity index (χ0) is 14.6. The van der Waals surface area contributed by atoms with Gasteiger partial charge in [-0.15, -0.1) is 0 Å². The molecule has 9 heteroatoms. The van der Waals surface area contributed by atoms with E-state index in [-0.39, 0.29) is 13.2 Å². The van der Waals surface area contributed by atoms with E-state index in [4.69, 9.17) is 9.84 Å². The first-order valence-corrected chi connectivity index (χ1v) is 7.42. The molecule has 19 heavy (non-hydrogen) atoms. The lowest BCUT2D eigenvalue weighted by molar-refractivity contribution is -0.146. The largest absolute Gasteiger partial charge is 0.480 e. The average Bonchev–Trinajstić information content (AvgIpc) is 2.78. The lowest BCUT2D eigenvalue weighted by Gasteiger charge is -2.23. The van der Waals surface area contributed by atoms with Gasteiger partial charge in [-0.25, -0.2) is 0 Å². The Morgan fingerprint density at radius 3 is 2.68 bits per heavy atom. The van der Waals surface area contributed by atoms with Crippen LogP contribution in [0.2, 0.25) is 0 Å². The molecule has 2 N–H and O–H groups in total. The van der Waals surface area contributed by atoms with Crippen LogP contribution in [-0.4, -0.2) is 55.0 Å². The standard InChI is InChI=1S/C10H18N2O6S/c1-3-18-10(15)8-5-4-6-12(8)19(16,17)11-7(2)9(13)14/h7-8,11H,3-6H2,1-2H3,(H,13,14). The number of carbonyl (C=O) groups excluding carboxylic acids is 1. The van der Waals surface area contributed by atoms with Crippen LogP contribution < -0.4 is 4.72 Å². The Bertz CT molecular complexity index is 449. The van der Waals surface area contributed by atoms with Crippen LogP contribution >= 0.6 is 0 Å². The van der Waals surface area contributed by atoms with Gasteiger partial charge in [0.2, 0.25) is 0 Å². The summed E-state index contributed by atoms with van der Waals surface area (Å²) in [6.45, 7) is 3.19. The van der Waals surface area contributed by atoms with Gasteiger partial charge in [0.1, 0.15) is 12.1 Å². The van der Waals surface area contributed by atoms with Crippen LogP contribution in [-0.2, 0) is 24.5 Å². The maximum absolute atomic E-state index is 12.0.